The molecule has 0 radical (unpaired) electrons. The zero-order chi connectivity index (χ0) is 22.9. The summed E-state index contributed by atoms with van der Waals surface area (Å²) in [6, 6.07) is 9.43. The third-order valence-corrected chi connectivity index (χ3v) is 5.96. The van der Waals surface area contributed by atoms with Gasteiger partial charge in [-0.2, -0.15) is 0 Å². The molecule has 0 saturated carbocycles. The number of aromatic nitrogens is 1. The van der Waals surface area contributed by atoms with Crippen LogP contribution in [0, 0.1) is 0 Å². The number of H-pyrrole nitrogens is 1. The first-order valence-corrected chi connectivity index (χ1v) is 10.9. The average Bonchev–Trinajstić information content (AvgIpc) is 3.48. The normalized spacial score (nSPS) is 17.0. The van der Waals surface area contributed by atoms with Gasteiger partial charge >= 0.3 is 6.03 Å². The number of hydrogen-bond donors (Lipinski definition) is 3. The average molecular weight is 469 g/mol. The van der Waals surface area contributed by atoms with Crippen molar-refractivity contribution in [2.24, 2.45) is 0 Å². The summed E-state index contributed by atoms with van der Waals surface area (Å²) >= 11 is 6.07. The molecular weight excluding hydrogens is 448 g/mol. The predicted molar refractivity (Wildman–Crippen MR) is 120 cm³/mol. The maximum atomic E-state index is 12.7. The van der Waals surface area contributed by atoms with Gasteiger partial charge in [-0.3, -0.25) is 14.5 Å². The van der Waals surface area contributed by atoms with Gasteiger partial charge < -0.3 is 25.1 Å². The van der Waals surface area contributed by atoms with E-state index in [1.807, 2.05) is 24.4 Å². The topological polar surface area (TPSA) is 113 Å². The molecule has 0 bridgehead atoms. The van der Waals surface area contributed by atoms with Crippen LogP contribution in [0.2, 0.25) is 5.02 Å². The monoisotopic (exact) mass is 468 g/mol. The SMILES string of the molecule is O=C(CC1NC(=O)N(Cc2ccc3c(c2)OCO3)C1=O)NCCc1c[nH]c2ccc(Cl)cc12. The molecule has 2 aromatic carbocycles. The first-order valence-electron chi connectivity index (χ1n) is 10.5. The van der Waals surface area contributed by atoms with Crippen molar-refractivity contribution in [2.45, 2.75) is 25.4 Å². The Hall–Kier alpha value is -3.72. The van der Waals surface area contributed by atoms with E-state index in [4.69, 9.17) is 21.1 Å². The third-order valence-electron chi connectivity index (χ3n) is 5.72. The van der Waals surface area contributed by atoms with Crippen LogP contribution in [0.4, 0.5) is 4.79 Å². The van der Waals surface area contributed by atoms with Crippen molar-refractivity contribution in [2.75, 3.05) is 13.3 Å². The van der Waals surface area contributed by atoms with E-state index in [0.717, 1.165) is 26.9 Å². The molecule has 1 aromatic heterocycles. The number of halogens is 1. The molecule has 10 heteroatoms. The number of aromatic amines is 1. The van der Waals surface area contributed by atoms with Gasteiger partial charge in [0.15, 0.2) is 11.5 Å². The highest BCUT2D eigenvalue weighted by atomic mass is 35.5. The van der Waals surface area contributed by atoms with Crippen LogP contribution in [0.25, 0.3) is 10.9 Å². The van der Waals surface area contributed by atoms with Crippen LogP contribution >= 0.6 is 11.6 Å². The number of carbonyl (C=O) groups excluding carboxylic acids is 3. The molecule has 0 spiro atoms. The number of fused-ring (bicyclic) bond motifs is 2. The molecule has 5 rings (SSSR count). The van der Waals surface area contributed by atoms with Crippen molar-refractivity contribution in [3.05, 3.63) is 58.7 Å². The minimum absolute atomic E-state index is 0.0859. The molecule has 33 heavy (non-hydrogen) atoms. The van der Waals surface area contributed by atoms with Crippen LogP contribution < -0.4 is 20.1 Å². The van der Waals surface area contributed by atoms with Crippen molar-refractivity contribution >= 4 is 40.3 Å². The van der Waals surface area contributed by atoms with Gasteiger partial charge in [-0.05, 0) is 47.9 Å². The van der Waals surface area contributed by atoms with Crippen molar-refractivity contribution in [3.8, 4) is 11.5 Å². The number of nitrogens with one attached hydrogen (secondary N) is 3. The Balaban J connectivity index is 1.14. The Morgan fingerprint density at radius 1 is 1.15 bits per heavy atom. The highest BCUT2D eigenvalue weighted by molar-refractivity contribution is 6.31. The van der Waals surface area contributed by atoms with Crippen molar-refractivity contribution in [1.82, 2.24) is 20.5 Å². The number of hydrogen-bond acceptors (Lipinski definition) is 5. The van der Waals surface area contributed by atoms with Crippen LogP contribution in [0.15, 0.2) is 42.6 Å². The van der Waals surface area contributed by atoms with E-state index in [1.54, 1.807) is 18.2 Å². The molecule has 3 N–H and O–H groups in total. The van der Waals surface area contributed by atoms with Crippen LogP contribution in [0.1, 0.15) is 17.5 Å². The number of urea groups is 1. The van der Waals surface area contributed by atoms with Gasteiger partial charge in [0.1, 0.15) is 6.04 Å². The van der Waals surface area contributed by atoms with E-state index >= 15 is 0 Å². The minimum Gasteiger partial charge on any atom is -0.454 e. The van der Waals surface area contributed by atoms with Gasteiger partial charge in [0.25, 0.3) is 5.91 Å². The van der Waals surface area contributed by atoms with Crippen molar-refractivity contribution in [1.29, 1.82) is 0 Å². The van der Waals surface area contributed by atoms with Gasteiger partial charge in [-0.15, -0.1) is 0 Å². The lowest BCUT2D eigenvalue weighted by molar-refractivity contribution is -0.131. The van der Waals surface area contributed by atoms with Crippen molar-refractivity contribution < 1.29 is 23.9 Å². The Bertz CT molecular complexity index is 1260. The molecule has 3 heterocycles. The smallest absolute Gasteiger partial charge is 0.325 e. The molecule has 170 valence electrons. The molecular formula is C23H21ClN4O5. The Morgan fingerprint density at radius 2 is 2.00 bits per heavy atom. The lowest BCUT2D eigenvalue weighted by Crippen LogP contribution is -2.37. The van der Waals surface area contributed by atoms with Crippen LogP contribution in [-0.2, 0) is 22.6 Å². The Kier molecular flexibility index (Phi) is 5.55. The van der Waals surface area contributed by atoms with Crippen LogP contribution in [0.3, 0.4) is 0 Å². The zero-order valence-corrected chi connectivity index (χ0v) is 18.3. The van der Waals surface area contributed by atoms with Gasteiger partial charge in [-0.1, -0.05) is 17.7 Å². The third kappa shape index (κ3) is 4.31. The lowest BCUT2D eigenvalue weighted by Gasteiger charge is -2.13. The summed E-state index contributed by atoms with van der Waals surface area (Å²) in [5.41, 5.74) is 2.74. The van der Waals surface area contributed by atoms with E-state index in [0.29, 0.717) is 29.5 Å². The number of benzene rings is 2. The number of carbonyl (C=O) groups is 3. The molecule has 2 aliphatic heterocycles. The number of imide groups is 1. The van der Waals surface area contributed by atoms with E-state index < -0.39 is 18.0 Å². The summed E-state index contributed by atoms with van der Waals surface area (Å²) in [7, 11) is 0. The molecule has 1 unspecified atom stereocenters. The minimum atomic E-state index is -0.890. The first-order chi connectivity index (χ1) is 16.0. The Labute approximate surface area is 194 Å². The summed E-state index contributed by atoms with van der Waals surface area (Å²) in [5.74, 6) is 0.463. The Morgan fingerprint density at radius 3 is 2.88 bits per heavy atom. The second-order valence-electron chi connectivity index (χ2n) is 7.92. The first kappa shape index (κ1) is 21.1. The second kappa shape index (κ2) is 8.67. The van der Waals surface area contributed by atoms with Crippen LogP contribution in [0.5, 0.6) is 11.5 Å². The van der Waals surface area contributed by atoms with E-state index in [9.17, 15) is 14.4 Å². The largest absolute Gasteiger partial charge is 0.454 e. The highest BCUT2D eigenvalue weighted by Crippen LogP contribution is 2.33. The van der Waals surface area contributed by atoms with Gasteiger partial charge in [0, 0.05) is 28.7 Å². The quantitative estimate of drug-likeness (QED) is 0.461. The predicted octanol–water partition coefficient (Wildman–Crippen LogP) is 2.72. The summed E-state index contributed by atoms with van der Waals surface area (Å²) in [6.07, 6.45) is 2.37. The maximum absolute atomic E-state index is 12.7. The molecule has 1 saturated heterocycles. The highest BCUT2D eigenvalue weighted by Gasteiger charge is 2.39. The number of ether oxygens (including phenoxy) is 2. The number of rotatable bonds is 7. The second-order valence-corrected chi connectivity index (χ2v) is 8.36. The molecule has 4 amide bonds. The summed E-state index contributed by atoms with van der Waals surface area (Å²) in [4.78, 5) is 41.7. The summed E-state index contributed by atoms with van der Waals surface area (Å²) in [5, 5.41) is 7.06. The number of amides is 4. The maximum Gasteiger partial charge on any atom is 0.325 e. The fraction of sp³-hybridized carbons (Fsp3) is 0.261. The van der Waals surface area contributed by atoms with Crippen molar-refractivity contribution in [3.63, 3.8) is 0 Å². The summed E-state index contributed by atoms with van der Waals surface area (Å²) in [6.45, 7) is 0.629. The van der Waals surface area contributed by atoms with Gasteiger partial charge in [-0.25, -0.2) is 4.79 Å². The fourth-order valence-electron chi connectivity index (χ4n) is 4.04. The van der Waals surface area contributed by atoms with Crippen LogP contribution in [-0.4, -0.2) is 47.1 Å². The molecule has 9 nitrogen and oxygen atoms in total. The zero-order valence-electron chi connectivity index (χ0n) is 17.5. The van der Waals surface area contributed by atoms with E-state index in [2.05, 4.69) is 15.6 Å². The van der Waals surface area contributed by atoms with Gasteiger partial charge in [0.2, 0.25) is 12.7 Å². The molecule has 1 atom stereocenters. The lowest BCUT2D eigenvalue weighted by atomic mass is 10.1. The fourth-order valence-corrected chi connectivity index (χ4v) is 4.21. The molecule has 2 aliphatic rings. The number of nitrogens with zero attached hydrogens (tertiary/aromatic N) is 1. The van der Waals surface area contributed by atoms with Gasteiger partial charge in [0.05, 0.1) is 13.0 Å². The van der Waals surface area contributed by atoms with E-state index in [-0.39, 0.29) is 25.7 Å². The molecule has 0 aliphatic carbocycles. The standard InChI is InChI=1S/C23H21ClN4O5/c24-15-2-3-17-16(8-15)14(10-26-17)5-6-25-21(29)9-18-22(30)28(23(31)27-18)11-13-1-4-19-20(7-13)33-12-32-19/h1-4,7-8,10,18,26H,5-6,9,11-12H2,(H,25,29)(H,27,31). The van der Waals surface area contributed by atoms with E-state index in [1.165, 1.54) is 0 Å². The summed E-state index contributed by atoms with van der Waals surface area (Å²) < 4.78 is 10.6. The molecule has 3 aromatic rings. The molecule has 1 fully saturated rings.